The number of hydrogen-bond donors (Lipinski definition) is 2. The maximum atomic E-state index is 11.2. The molecule has 0 aliphatic carbocycles. The molecule has 1 aliphatic heterocycles. The van der Waals surface area contributed by atoms with Gasteiger partial charge in [0.15, 0.2) is 5.69 Å². The Labute approximate surface area is 111 Å². The van der Waals surface area contributed by atoms with Crippen molar-refractivity contribution in [2.45, 2.75) is 32.0 Å². The summed E-state index contributed by atoms with van der Waals surface area (Å²) in [6, 6.07) is 0.440. The highest BCUT2D eigenvalue weighted by Crippen LogP contribution is 2.17. The van der Waals surface area contributed by atoms with E-state index >= 15 is 0 Å². The van der Waals surface area contributed by atoms with Gasteiger partial charge in [-0.05, 0) is 20.4 Å². The Hall–Kier alpha value is -1.51. The molecule has 0 aromatic carbocycles. The number of carbonyl (C=O) groups excluding carboxylic acids is 1. The summed E-state index contributed by atoms with van der Waals surface area (Å²) in [5, 5.41) is 7.65. The molecule has 106 valence electrons. The molecular formula is C11H20N6O2. The van der Waals surface area contributed by atoms with Gasteiger partial charge in [0.2, 0.25) is 0 Å². The van der Waals surface area contributed by atoms with Crippen LogP contribution in [0.3, 0.4) is 0 Å². The Kier molecular flexibility index (Phi) is 4.46. The summed E-state index contributed by atoms with van der Waals surface area (Å²) in [6.45, 7) is 4.41. The smallest absolute Gasteiger partial charge is 0.287 e. The Morgan fingerprint density at radius 1 is 1.74 bits per heavy atom. The second-order valence-electron chi connectivity index (χ2n) is 4.75. The van der Waals surface area contributed by atoms with Gasteiger partial charge < -0.3 is 4.74 Å². The molecule has 3 N–H and O–H groups in total. The van der Waals surface area contributed by atoms with Crippen LogP contribution in [0.5, 0.6) is 0 Å². The molecule has 1 aromatic heterocycles. The number of aromatic nitrogens is 3. The average molecular weight is 268 g/mol. The van der Waals surface area contributed by atoms with Crippen LogP contribution in [-0.4, -0.2) is 58.1 Å². The Balaban J connectivity index is 1.85. The first-order valence-electron chi connectivity index (χ1n) is 6.34. The van der Waals surface area contributed by atoms with E-state index in [9.17, 15) is 4.79 Å². The van der Waals surface area contributed by atoms with E-state index in [1.54, 1.807) is 10.9 Å². The first-order valence-corrected chi connectivity index (χ1v) is 6.34. The third kappa shape index (κ3) is 3.28. The quantitative estimate of drug-likeness (QED) is 0.403. The van der Waals surface area contributed by atoms with Crippen LogP contribution in [0.15, 0.2) is 6.20 Å². The van der Waals surface area contributed by atoms with Gasteiger partial charge in [-0.15, -0.1) is 5.10 Å². The van der Waals surface area contributed by atoms with Crippen LogP contribution in [0.2, 0.25) is 0 Å². The second kappa shape index (κ2) is 6.09. The third-order valence-electron chi connectivity index (χ3n) is 3.49. The molecule has 1 aliphatic rings. The monoisotopic (exact) mass is 268 g/mol. The number of hydrogen-bond acceptors (Lipinski definition) is 6. The topological polar surface area (TPSA) is 98.3 Å². The zero-order chi connectivity index (χ0) is 13.8. The van der Waals surface area contributed by atoms with Crippen molar-refractivity contribution < 1.29 is 9.53 Å². The summed E-state index contributed by atoms with van der Waals surface area (Å²) >= 11 is 0. The molecule has 1 fully saturated rings. The molecule has 8 nitrogen and oxygen atoms in total. The predicted octanol–water partition coefficient (Wildman–Crippen LogP) is -1.01. The van der Waals surface area contributed by atoms with Gasteiger partial charge >= 0.3 is 0 Å². The minimum absolute atomic E-state index is 0.225. The number of rotatable bonds is 5. The maximum Gasteiger partial charge on any atom is 0.287 e. The van der Waals surface area contributed by atoms with Gasteiger partial charge in [-0.2, -0.15) is 0 Å². The van der Waals surface area contributed by atoms with E-state index in [-0.39, 0.29) is 11.8 Å². The van der Waals surface area contributed by atoms with E-state index < -0.39 is 5.91 Å². The van der Waals surface area contributed by atoms with Gasteiger partial charge in [0.25, 0.3) is 5.91 Å². The number of nitrogen functional groups attached to an aromatic ring is 1. The van der Waals surface area contributed by atoms with E-state index in [1.807, 2.05) is 5.43 Å². The highest BCUT2D eigenvalue weighted by atomic mass is 16.5. The zero-order valence-electron chi connectivity index (χ0n) is 11.2. The van der Waals surface area contributed by atoms with Crippen molar-refractivity contribution >= 4 is 5.91 Å². The highest BCUT2D eigenvalue weighted by Gasteiger charge is 2.27. The summed E-state index contributed by atoms with van der Waals surface area (Å²) in [7, 11) is 2.07. The maximum absolute atomic E-state index is 11.2. The van der Waals surface area contributed by atoms with Gasteiger partial charge in [0, 0.05) is 19.2 Å². The lowest BCUT2D eigenvalue weighted by Crippen LogP contribution is -2.38. The van der Waals surface area contributed by atoms with Crippen LogP contribution < -0.4 is 11.3 Å². The number of likely N-dealkylation sites (N-methyl/N-ethyl adjacent to an activating group) is 1. The molecule has 19 heavy (non-hydrogen) atoms. The van der Waals surface area contributed by atoms with E-state index in [0.29, 0.717) is 12.6 Å². The summed E-state index contributed by atoms with van der Waals surface area (Å²) in [4.78, 5) is 13.5. The fourth-order valence-corrected chi connectivity index (χ4v) is 2.31. The van der Waals surface area contributed by atoms with E-state index in [4.69, 9.17) is 10.6 Å². The molecule has 2 atom stereocenters. The van der Waals surface area contributed by atoms with E-state index in [0.717, 1.165) is 19.6 Å². The zero-order valence-corrected chi connectivity index (χ0v) is 11.2. The number of ether oxygens (including phenoxy) is 1. The van der Waals surface area contributed by atoms with Gasteiger partial charge in [-0.3, -0.25) is 19.8 Å². The van der Waals surface area contributed by atoms with Crippen molar-refractivity contribution in [1.82, 2.24) is 25.3 Å². The summed E-state index contributed by atoms with van der Waals surface area (Å²) in [6.07, 6.45) is 2.90. The SMILES string of the molecule is CC1OCCC1N(C)CCn1cc(C(=O)NN)nn1. The molecule has 8 heteroatoms. The summed E-state index contributed by atoms with van der Waals surface area (Å²) < 4.78 is 7.19. The van der Waals surface area contributed by atoms with Crippen LogP contribution in [0.1, 0.15) is 23.8 Å². The van der Waals surface area contributed by atoms with Crippen LogP contribution in [0, 0.1) is 0 Å². The van der Waals surface area contributed by atoms with E-state index in [1.165, 1.54) is 0 Å². The molecule has 0 saturated carbocycles. The summed E-state index contributed by atoms with van der Waals surface area (Å²) in [5.41, 5.74) is 2.25. The highest BCUT2D eigenvalue weighted by molar-refractivity contribution is 5.91. The van der Waals surface area contributed by atoms with Gasteiger partial charge in [0.05, 0.1) is 18.8 Å². The number of nitrogens with zero attached hydrogens (tertiary/aromatic N) is 4. The molecule has 0 bridgehead atoms. The molecule has 1 saturated heterocycles. The largest absolute Gasteiger partial charge is 0.377 e. The molecule has 0 radical (unpaired) electrons. The molecule has 2 rings (SSSR count). The molecule has 1 aromatic rings. The molecule has 1 amide bonds. The number of nitrogens with one attached hydrogen (secondary N) is 1. The van der Waals surface area contributed by atoms with Crippen molar-refractivity contribution in [2.24, 2.45) is 5.84 Å². The van der Waals surface area contributed by atoms with Crippen molar-refractivity contribution in [2.75, 3.05) is 20.2 Å². The van der Waals surface area contributed by atoms with Crippen molar-refractivity contribution in [3.05, 3.63) is 11.9 Å². The molecular weight excluding hydrogens is 248 g/mol. The lowest BCUT2D eigenvalue weighted by molar-refractivity contribution is 0.0822. The number of nitrogens with two attached hydrogens (primary N) is 1. The van der Waals surface area contributed by atoms with Crippen LogP contribution >= 0.6 is 0 Å². The fraction of sp³-hybridized carbons (Fsp3) is 0.727. The fourth-order valence-electron chi connectivity index (χ4n) is 2.31. The average Bonchev–Trinajstić information content (AvgIpc) is 3.04. The first kappa shape index (κ1) is 13.9. The number of carbonyl (C=O) groups is 1. The Morgan fingerprint density at radius 3 is 3.16 bits per heavy atom. The number of amides is 1. The normalized spacial score (nSPS) is 22.9. The van der Waals surface area contributed by atoms with Crippen molar-refractivity contribution in [3.63, 3.8) is 0 Å². The Bertz CT molecular complexity index is 435. The van der Waals surface area contributed by atoms with Crippen LogP contribution in [-0.2, 0) is 11.3 Å². The van der Waals surface area contributed by atoms with Crippen LogP contribution in [0.25, 0.3) is 0 Å². The molecule has 0 spiro atoms. The minimum atomic E-state index is -0.433. The lowest BCUT2D eigenvalue weighted by Gasteiger charge is -2.26. The van der Waals surface area contributed by atoms with Gasteiger partial charge in [0.1, 0.15) is 0 Å². The third-order valence-corrected chi connectivity index (χ3v) is 3.49. The Morgan fingerprint density at radius 2 is 2.53 bits per heavy atom. The van der Waals surface area contributed by atoms with E-state index in [2.05, 4.69) is 29.2 Å². The van der Waals surface area contributed by atoms with Crippen molar-refractivity contribution in [3.8, 4) is 0 Å². The minimum Gasteiger partial charge on any atom is -0.377 e. The van der Waals surface area contributed by atoms with Gasteiger partial charge in [-0.1, -0.05) is 5.21 Å². The second-order valence-corrected chi connectivity index (χ2v) is 4.75. The van der Waals surface area contributed by atoms with Gasteiger partial charge in [-0.25, -0.2) is 5.84 Å². The lowest BCUT2D eigenvalue weighted by atomic mass is 10.1. The van der Waals surface area contributed by atoms with Crippen LogP contribution in [0.4, 0.5) is 0 Å². The van der Waals surface area contributed by atoms with Crippen molar-refractivity contribution in [1.29, 1.82) is 0 Å². The predicted molar refractivity (Wildman–Crippen MR) is 68.1 cm³/mol. The molecule has 2 heterocycles. The number of hydrazine groups is 1. The standard InChI is InChI=1S/C11H20N6O2/c1-8-10(3-6-19-8)16(2)4-5-17-7-9(14-15-17)11(18)13-12/h7-8,10H,3-6,12H2,1-2H3,(H,13,18). The summed E-state index contributed by atoms with van der Waals surface area (Å²) in [5.74, 6) is 4.60. The molecule has 2 unspecified atom stereocenters. The first-order chi connectivity index (χ1) is 9.11.